The van der Waals surface area contributed by atoms with Crippen LogP contribution in [0.15, 0.2) is 24.3 Å². The average Bonchev–Trinajstić information content (AvgIpc) is 2.39. The molecule has 0 atom stereocenters. The smallest absolute Gasteiger partial charge is 0.254 e. The van der Waals surface area contributed by atoms with E-state index < -0.39 is 0 Å². The van der Waals surface area contributed by atoms with Crippen LogP contribution in [0, 0.1) is 0 Å². The zero-order valence-electron chi connectivity index (χ0n) is 10.3. The molecule has 0 spiro atoms. The minimum atomic E-state index is -0.106. The normalized spacial score (nSPS) is 15.4. The molecule has 0 saturated carbocycles. The lowest BCUT2D eigenvalue weighted by Crippen LogP contribution is -2.49. The van der Waals surface area contributed by atoms with Crippen molar-refractivity contribution in [1.29, 1.82) is 0 Å². The number of nitrogens with one attached hydrogen (secondary N) is 1. The summed E-state index contributed by atoms with van der Waals surface area (Å²) in [5.74, 6) is -0.209. The molecular weight excluding hydrogens is 232 g/mol. The molecular formula is C13H16N2O3. The number of piperazine rings is 1. The third kappa shape index (κ3) is 2.87. The van der Waals surface area contributed by atoms with Crippen molar-refractivity contribution >= 4 is 11.8 Å². The van der Waals surface area contributed by atoms with Crippen molar-refractivity contribution in [3.63, 3.8) is 0 Å². The van der Waals surface area contributed by atoms with E-state index in [2.05, 4.69) is 5.32 Å². The number of amides is 2. The van der Waals surface area contributed by atoms with Crippen LogP contribution in [0.5, 0.6) is 0 Å². The minimum Gasteiger partial charge on any atom is -0.380 e. The molecule has 0 bridgehead atoms. The van der Waals surface area contributed by atoms with Gasteiger partial charge in [-0.1, -0.05) is 12.1 Å². The molecule has 0 radical (unpaired) electrons. The highest BCUT2D eigenvalue weighted by atomic mass is 16.5. The Balaban J connectivity index is 2.06. The van der Waals surface area contributed by atoms with Gasteiger partial charge in [0, 0.05) is 25.8 Å². The molecule has 2 amide bonds. The first-order chi connectivity index (χ1) is 8.70. The summed E-state index contributed by atoms with van der Waals surface area (Å²) < 4.78 is 5.01. The maximum atomic E-state index is 12.1. The summed E-state index contributed by atoms with van der Waals surface area (Å²) in [4.78, 5) is 24.9. The van der Waals surface area contributed by atoms with Gasteiger partial charge < -0.3 is 15.0 Å². The fourth-order valence-corrected chi connectivity index (χ4v) is 1.90. The average molecular weight is 248 g/mol. The molecule has 1 aliphatic rings. The van der Waals surface area contributed by atoms with Gasteiger partial charge in [-0.05, 0) is 17.7 Å². The van der Waals surface area contributed by atoms with Crippen LogP contribution in [-0.2, 0) is 16.1 Å². The third-order valence-electron chi connectivity index (χ3n) is 2.84. The number of hydrogen-bond donors (Lipinski definition) is 1. The Hall–Kier alpha value is -1.88. The van der Waals surface area contributed by atoms with Crippen LogP contribution in [0.25, 0.3) is 0 Å². The summed E-state index contributed by atoms with van der Waals surface area (Å²) in [6.07, 6.45) is 0. The highest BCUT2D eigenvalue weighted by Crippen LogP contribution is 2.09. The Morgan fingerprint density at radius 1 is 1.39 bits per heavy atom. The number of rotatable bonds is 3. The van der Waals surface area contributed by atoms with Crippen molar-refractivity contribution in [2.75, 3.05) is 26.7 Å². The lowest BCUT2D eigenvalue weighted by atomic mass is 10.1. The summed E-state index contributed by atoms with van der Waals surface area (Å²) in [7, 11) is 1.63. The summed E-state index contributed by atoms with van der Waals surface area (Å²) in [6, 6.07) is 7.26. The van der Waals surface area contributed by atoms with Crippen LogP contribution < -0.4 is 5.32 Å². The molecule has 1 saturated heterocycles. The van der Waals surface area contributed by atoms with E-state index in [0.717, 1.165) is 5.56 Å². The first kappa shape index (κ1) is 12.6. The van der Waals surface area contributed by atoms with Crippen LogP contribution in [0.3, 0.4) is 0 Å². The number of carbonyl (C=O) groups is 2. The van der Waals surface area contributed by atoms with Gasteiger partial charge in [-0.25, -0.2) is 0 Å². The number of methoxy groups -OCH3 is 1. The van der Waals surface area contributed by atoms with Gasteiger partial charge in [-0.15, -0.1) is 0 Å². The number of benzene rings is 1. The molecule has 1 aromatic carbocycles. The van der Waals surface area contributed by atoms with E-state index in [1.54, 1.807) is 24.1 Å². The summed E-state index contributed by atoms with van der Waals surface area (Å²) in [6.45, 7) is 1.75. The second-order valence-electron chi connectivity index (χ2n) is 4.21. The van der Waals surface area contributed by atoms with Gasteiger partial charge in [0.05, 0.1) is 13.2 Å². The van der Waals surface area contributed by atoms with Crippen molar-refractivity contribution in [3.05, 3.63) is 35.4 Å². The molecule has 96 valence electrons. The molecule has 1 N–H and O–H groups in total. The fourth-order valence-electron chi connectivity index (χ4n) is 1.90. The maximum absolute atomic E-state index is 12.1. The number of ether oxygens (including phenoxy) is 1. The molecule has 0 unspecified atom stereocenters. The van der Waals surface area contributed by atoms with E-state index in [0.29, 0.717) is 25.3 Å². The molecule has 1 aromatic rings. The SMILES string of the molecule is COCc1ccc(C(=O)N2CCNC(=O)C2)cc1. The van der Waals surface area contributed by atoms with Crippen molar-refractivity contribution < 1.29 is 14.3 Å². The van der Waals surface area contributed by atoms with E-state index in [4.69, 9.17) is 4.74 Å². The van der Waals surface area contributed by atoms with Gasteiger partial charge in [0.25, 0.3) is 5.91 Å². The monoisotopic (exact) mass is 248 g/mol. The van der Waals surface area contributed by atoms with Crippen LogP contribution in [0.2, 0.25) is 0 Å². The van der Waals surface area contributed by atoms with Crippen LogP contribution in [0.1, 0.15) is 15.9 Å². The quantitative estimate of drug-likeness (QED) is 0.842. The Bertz CT molecular complexity index is 442. The molecule has 1 fully saturated rings. The number of carbonyl (C=O) groups excluding carboxylic acids is 2. The molecule has 0 aromatic heterocycles. The van der Waals surface area contributed by atoms with E-state index >= 15 is 0 Å². The molecule has 1 aliphatic heterocycles. The van der Waals surface area contributed by atoms with E-state index in [1.165, 1.54) is 0 Å². The Morgan fingerprint density at radius 2 is 2.11 bits per heavy atom. The predicted octanol–water partition coefficient (Wildman–Crippen LogP) is 0.405. The number of nitrogens with zero attached hydrogens (tertiary/aromatic N) is 1. The highest BCUT2D eigenvalue weighted by molar-refractivity contribution is 5.97. The predicted molar refractivity (Wildman–Crippen MR) is 66.1 cm³/mol. The lowest BCUT2D eigenvalue weighted by molar-refractivity contribution is -0.123. The maximum Gasteiger partial charge on any atom is 0.254 e. The Kier molecular flexibility index (Phi) is 3.94. The van der Waals surface area contributed by atoms with Gasteiger partial charge >= 0.3 is 0 Å². The van der Waals surface area contributed by atoms with Crippen LogP contribution in [-0.4, -0.2) is 43.5 Å². The summed E-state index contributed by atoms with van der Waals surface area (Å²) >= 11 is 0. The van der Waals surface area contributed by atoms with Crippen LogP contribution >= 0.6 is 0 Å². The van der Waals surface area contributed by atoms with Crippen molar-refractivity contribution in [1.82, 2.24) is 10.2 Å². The van der Waals surface area contributed by atoms with Gasteiger partial charge in [0.15, 0.2) is 0 Å². The fraction of sp³-hybridized carbons (Fsp3) is 0.385. The second kappa shape index (κ2) is 5.64. The first-order valence-electron chi connectivity index (χ1n) is 5.84. The molecule has 2 rings (SSSR count). The minimum absolute atomic E-state index is 0.103. The Morgan fingerprint density at radius 3 is 2.72 bits per heavy atom. The summed E-state index contributed by atoms with van der Waals surface area (Å²) in [5.41, 5.74) is 1.62. The van der Waals surface area contributed by atoms with Crippen molar-refractivity contribution in [2.24, 2.45) is 0 Å². The molecule has 1 heterocycles. The third-order valence-corrected chi connectivity index (χ3v) is 2.84. The van der Waals surface area contributed by atoms with E-state index in [1.807, 2.05) is 12.1 Å². The molecule has 18 heavy (non-hydrogen) atoms. The topological polar surface area (TPSA) is 58.6 Å². The standard InChI is InChI=1S/C13H16N2O3/c1-18-9-10-2-4-11(5-3-10)13(17)15-7-6-14-12(16)8-15/h2-5H,6-9H2,1H3,(H,14,16). The van der Waals surface area contributed by atoms with Crippen molar-refractivity contribution in [3.8, 4) is 0 Å². The van der Waals surface area contributed by atoms with Crippen molar-refractivity contribution in [2.45, 2.75) is 6.61 Å². The first-order valence-corrected chi connectivity index (χ1v) is 5.84. The molecule has 5 nitrogen and oxygen atoms in total. The largest absolute Gasteiger partial charge is 0.380 e. The van der Waals surface area contributed by atoms with Gasteiger partial charge in [-0.2, -0.15) is 0 Å². The zero-order chi connectivity index (χ0) is 13.0. The van der Waals surface area contributed by atoms with Gasteiger partial charge in [-0.3, -0.25) is 9.59 Å². The zero-order valence-corrected chi connectivity index (χ0v) is 10.3. The lowest BCUT2D eigenvalue weighted by Gasteiger charge is -2.26. The molecule has 5 heteroatoms. The second-order valence-corrected chi connectivity index (χ2v) is 4.21. The van der Waals surface area contributed by atoms with Gasteiger partial charge in [0.2, 0.25) is 5.91 Å². The highest BCUT2D eigenvalue weighted by Gasteiger charge is 2.21. The van der Waals surface area contributed by atoms with E-state index in [-0.39, 0.29) is 18.4 Å². The van der Waals surface area contributed by atoms with Crippen LogP contribution in [0.4, 0.5) is 0 Å². The number of hydrogen-bond acceptors (Lipinski definition) is 3. The summed E-state index contributed by atoms with van der Waals surface area (Å²) in [5, 5.41) is 2.69. The Labute approximate surface area is 106 Å². The van der Waals surface area contributed by atoms with E-state index in [9.17, 15) is 9.59 Å². The molecule has 0 aliphatic carbocycles. The van der Waals surface area contributed by atoms with Gasteiger partial charge in [0.1, 0.15) is 0 Å².